The highest BCUT2D eigenvalue weighted by Gasteiger charge is 2.47. The molecule has 0 aromatic heterocycles. The first-order valence-electron chi connectivity index (χ1n) is 6.75. The number of rotatable bonds is 2. The molecule has 0 aliphatic carbocycles. The zero-order valence-electron chi connectivity index (χ0n) is 11.8. The van der Waals surface area contributed by atoms with Crippen LogP contribution in [0.5, 0.6) is 0 Å². The van der Waals surface area contributed by atoms with E-state index >= 15 is 4.39 Å². The van der Waals surface area contributed by atoms with Crippen LogP contribution in [0.1, 0.15) is 17.5 Å². The van der Waals surface area contributed by atoms with Crippen LogP contribution < -0.4 is 0 Å². The number of carbonyl (C=O) groups excluding carboxylic acids is 1. The van der Waals surface area contributed by atoms with Crippen LogP contribution in [-0.2, 0) is 15.2 Å². The summed E-state index contributed by atoms with van der Waals surface area (Å²) in [6.07, 6.45) is -0.168. The number of benzene rings is 2. The smallest absolute Gasteiger partial charge is 0.348 e. The molecule has 1 heterocycles. The van der Waals surface area contributed by atoms with Crippen LogP contribution in [0.2, 0.25) is 5.02 Å². The highest BCUT2D eigenvalue weighted by Crippen LogP contribution is 2.42. The summed E-state index contributed by atoms with van der Waals surface area (Å²) < 4.78 is 20.1. The maximum absolute atomic E-state index is 15.4. The molecule has 0 saturated carbocycles. The number of fused-ring (bicyclic) bond motifs is 1. The summed E-state index contributed by atoms with van der Waals surface area (Å²) in [4.78, 5) is 16.5. The summed E-state index contributed by atoms with van der Waals surface area (Å²) in [7, 11) is 1.18. The van der Waals surface area contributed by atoms with Crippen molar-refractivity contribution in [1.29, 1.82) is 0 Å². The van der Waals surface area contributed by atoms with Gasteiger partial charge in [0.05, 0.1) is 18.5 Å². The molecule has 0 N–H and O–H groups in total. The molecule has 3 rings (SSSR count). The second kappa shape index (κ2) is 5.54. The SMILES string of the molecule is COC(=O)C1(F)CC(c2ccc(Cl)cc2)=Nc2ccccc21. The van der Waals surface area contributed by atoms with Crippen LogP contribution in [0.15, 0.2) is 53.5 Å². The summed E-state index contributed by atoms with van der Waals surface area (Å²) in [6, 6.07) is 13.6. The molecule has 1 aliphatic heterocycles. The zero-order valence-corrected chi connectivity index (χ0v) is 12.6. The van der Waals surface area contributed by atoms with Crippen molar-refractivity contribution in [2.75, 3.05) is 7.11 Å². The van der Waals surface area contributed by atoms with Crippen molar-refractivity contribution >= 4 is 29.0 Å². The van der Waals surface area contributed by atoms with Gasteiger partial charge in [0.2, 0.25) is 5.67 Å². The van der Waals surface area contributed by atoms with E-state index in [9.17, 15) is 4.79 Å². The largest absolute Gasteiger partial charge is 0.466 e. The number of para-hydroxylation sites is 1. The van der Waals surface area contributed by atoms with Gasteiger partial charge in [-0.3, -0.25) is 4.99 Å². The van der Waals surface area contributed by atoms with Crippen molar-refractivity contribution in [3.05, 3.63) is 64.7 Å². The fourth-order valence-electron chi connectivity index (χ4n) is 2.57. The van der Waals surface area contributed by atoms with Crippen LogP contribution in [-0.4, -0.2) is 18.8 Å². The summed E-state index contributed by atoms with van der Waals surface area (Å²) in [5.74, 6) is -0.915. The van der Waals surface area contributed by atoms with Crippen molar-refractivity contribution in [2.24, 2.45) is 4.99 Å². The first-order valence-corrected chi connectivity index (χ1v) is 7.13. The van der Waals surface area contributed by atoms with Crippen LogP contribution in [0.3, 0.4) is 0 Å². The van der Waals surface area contributed by atoms with Crippen molar-refractivity contribution in [3.63, 3.8) is 0 Å². The summed E-state index contributed by atoms with van der Waals surface area (Å²) in [5, 5.41) is 0.583. The van der Waals surface area contributed by atoms with E-state index in [1.807, 2.05) is 0 Å². The predicted molar refractivity (Wildman–Crippen MR) is 83.5 cm³/mol. The molecule has 0 radical (unpaired) electrons. The standard InChI is InChI=1S/C17H13ClFNO2/c1-22-16(21)17(19)10-15(11-6-8-12(18)9-7-11)20-14-5-3-2-4-13(14)17/h2-9H,10H2,1H3. The average Bonchev–Trinajstić information content (AvgIpc) is 2.54. The van der Waals surface area contributed by atoms with Gasteiger partial charge in [-0.05, 0) is 23.8 Å². The van der Waals surface area contributed by atoms with Crippen molar-refractivity contribution < 1.29 is 13.9 Å². The van der Waals surface area contributed by atoms with Crippen molar-refractivity contribution in [2.45, 2.75) is 12.1 Å². The number of hydrogen-bond donors (Lipinski definition) is 0. The van der Waals surface area contributed by atoms with Crippen LogP contribution in [0.25, 0.3) is 0 Å². The Labute approximate surface area is 132 Å². The molecule has 0 amide bonds. The Hall–Kier alpha value is -2.20. The number of halogens is 2. The molecular weight excluding hydrogens is 305 g/mol. The van der Waals surface area contributed by atoms with Crippen molar-refractivity contribution in [3.8, 4) is 0 Å². The van der Waals surface area contributed by atoms with Crippen molar-refractivity contribution in [1.82, 2.24) is 0 Å². The Morgan fingerprint density at radius 1 is 1.23 bits per heavy atom. The van der Waals surface area contributed by atoms with Gasteiger partial charge in [0.15, 0.2) is 0 Å². The molecule has 1 aliphatic rings. The van der Waals surface area contributed by atoms with E-state index in [4.69, 9.17) is 11.6 Å². The maximum atomic E-state index is 15.4. The molecule has 0 saturated heterocycles. The van der Waals surface area contributed by atoms with E-state index in [0.29, 0.717) is 16.4 Å². The van der Waals surface area contributed by atoms with Gasteiger partial charge in [0, 0.05) is 17.0 Å². The molecule has 22 heavy (non-hydrogen) atoms. The van der Waals surface area contributed by atoms with E-state index in [1.165, 1.54) is 7.11 Å². The van der Waals surface area contributed by atoms with Gasteiger partial charge in [-0.1, -0.05) is 41.9 Å². The van der Waals surface area contributed by atoms with Gasteiger partial charge in [0.25, 0.3) is 0 Å². The highest BCUT2D eigenvalue weighted by molar-refractivity contribution is 6.30. The van der Waals surface area contributed by atoms with Gasteiger partial charge in [-0.25, -0.2) is 9.18 Å². The van der Waals surface area contributed by atoms with Gasteiger partial charge < -0.3 is 4.74 Å². The van der Waals surface area contributed by atoms with E-state index in [0.717, 1.165) is 5.56 Å². The number of aliphatic imine (C=N–C) groups is 1. The Balaban J connectivity index is 2.14. The van der Waals surface area contributed by atoms with E-state index in [2.05, 4.69) is 9.73 Å². The first-order chi connectivity index (χ1) is 10.5. The summed E-state index contributed by atoms with van der Waals surface area (Å²) in [5.41, 5.74) is -0.346. The number of carbonyl (C=O) groups is 1. The lowest BCUT2D eigenvalue weighted by Gasteiger charge is -2.29. The molecule has 0 bridgehead atoms. The first kappa shape index (κ1) is 14.7. The molecule has 5 heteroatoms. The van der Waals surface area contributed by atoms with Gasteiger partial charge in [0.1, 0.15) is 0 Å². The molecular formula is C17H13ClFNO2. The Bertz CT molecular complexity index is 758. The van der Waals surface area contributed by atoms with E-state index in [1.54, 1.807) is 48.5 Å². The minimum absolute atomic E-state index is 0.168. The number of nitrogens with zero attached hydrogens (tertiary/aromatic N) is 1. The Kier molecular flexibility index (Phi) is 3.71. The monoisotopic (exact) mass is 317 g/mol. The van der Waals surface area contributed by atoms with E-state index < -0.39 is 11.6 Å². The van der Waals surface area contributed by atoms with Gasteiger partial charge >= 0.3 is 5.97 Å². The molecule has 112 valence electrons. The number of esters is 1. The maximum Gasteiger partial charge on any atom is 0.348 e. The van der Waals surface area contributed by atoms with Gasteiger partial charge in [-0.2, -0.15) is 0 Å². The minimum Gasteiger partial charge on any atom is -0.466 e. The second-order valence-corrected chi connectivity index (χ2v) is 5.49. The van der Waals surface area contributed by atoms with Gasteiger partial charge in [-0.15, -0.1) is 0 Å². The lowest BCUT2D eigenvalue weighted by molar-refractivity contribution is -0.155. The Morgan fingerprint density at radius 3 is 2.59 bits per heavy atom. The van der Waals surface area contributed by atoms with Crippen LogP contribution in [0, 0.1) is 0 Å². The number of hydrogen-bond acceptors (Lipinski definition) is 3. The van der Waals surface area contributed by atoms with E-state index in [-0.39, 0.29) is 12.0 Å². The molecule has 1 unspecified atom stereocenters. The zero-order chi connectivity index (χ0) is 15.7. The predicted octanol–water partition coefficient (Wildman–Crippen LogP) is 4.20. The third kappa shape index (κ3) is 2.40. The average molecular weight is 318 g/mol. The molecule has 3 nitrogen and oxygen atoms in total. The molecule has 2 aromatic carbocycles. The Morgan fingerprint density at radius 2 is 1.91 bits per heavy atom. The van der Waals surface area contributed by atoms with Crippen LogP contribution >= 0.6 is 11.6 Å². The second-order valence-electron chi connectivity index (χ2n) is 5.05. The lowest BCUT2D eigenvalue weighted by atomic mass is 9.84. The molecule has 0 spiro atoms. The van der Waals surface area contributed by atoms with Crippen LogP contribution in [0.4, 0.5) is 10.1 Å². The highest BCUT2D eigenvalue weighted by atomic mass is 35.5. The quantitative estimate of drug-likeness (QED) is 0.779. The molecule has 1 atom stereocenters. The topological polar surface area (TPSA) is 38.7 Å². The molecule has 2 aromatic rings. The summed E-state index contributed by atoms with van der Waals surface area (Å²) >= 11 is 5.87. The minimum atomic E-state index is -2.23. The fraction of sp³-hybridized carbons (Fsp3) is 0.176. The molecule has 0 fully saturated rings. The normalized spacial score (nSPS) is 20.0. The number of methoxy groups -OCH3 is 1. The summed E-state index contributed by atoms with van der Waals surface area (Å²) in [6.45, 7) is 0. The number of alkyl halides is 1. The fourth-order valence-corrected chi connectivity index (χ4v) is 2.70. The lowest BCUT2D eigenvalue weighted by Crippen LogP contribution is -2.37. The third-order valence-electron chi connectivity index (χ3n) is 3.68. The third-order valence-corrected chi connectivity index (χ3v) is 3.94. The number of ether oxygens (including phenoxy) is 1.